The molecule has 2 atom stereocenters. The van der Waals surface area contributed by atoms with E-state index in [2.05, 4.69) is 12.2 Å². The second-order valence-electron chi connectivity index (χ2n) is 4.59. The number of hydrogen-bond acceptors (Lipinski definition) is 4. The lowest BCUT2D eigenvalue weighted by Gasteiger charge is -2.16. The van der Waals surface area contributed by atoms with E-state index >= 15 is 0 Å². The van der Waals surface area contributed by atoms with E-state index in [1.165, 1.54) is 0 Å². The summed E-state index contributed by atoms with van der Waals surface area (Å²) in [5.41, 5.74) is 1.11. The molecule has 2 unspecified atom stereocenters. The van der Waals surface area contributed by atoms with E-state index in [4.69, 9.17) is 9.47 Å². The van der Waals surface area contributed by atoms with Crippen LogP contribution in [0.3, 0.4) is 0 Å². The molecule has 1 aromatic carbocycles. The van der Waals surface area contributed by atoms with Gasteiger partial charge in [0.15, 0.2) is 11.5 Å². The molecule has 1 aromatic rings. The van der Waals surface area contributed by atoms with E-state index < -0.39 is 0 Å². The summed E-state index contributed by atoms with van der Waals surface area (Å²) in [5, 5.41) is 13.1. The van der Waals surface area contributed by atoms with Crippen molar-refractivity contribution in [3.8, 4) is 11.5 Å². The van der Waals surface area contributed by atoms with Gasteiger partial charge in [0.25, 0.3) is 0 Å². The topological polar surface area (TPSA) is 50.7 Å². The molecule has 1 aliphatic heterocycles. The minimum Gasteiger partial charge on any atom is -0.504 e. The van der Waals surface area contributed by atoms with Gasteiger partial charge in [0.05, 0.1) is 12.7 Å². The van der Waals surface area contributed by atoms with Gasteiger partial charge in [-0.3, -0.25) is 0 Å². The highest BCUT2D eigenvalue weighted by molar-refractivity contribution is 5.41. The molecule has 4 heteroatoms. The Bertz CT molecular complexity index is 395. The molecule has 2 N–H and O–H groups in total. The lowest BCUT2D eigenvalue weighted by atomic mass is 10.1. The van der Waals surface area contributed by atoms with Crippen molar-refractivity contribution in [2.75, 3.05) is 13.2 Å². The van der Waals surface area contributed by atoms with Crippen LogP contribution in [-0.2, 0) is 11.3 Å². The minimum atomic E-state index is 0.193. The number of rotatable bonds is 5. The zero-order valence-corrected chi connectivity index (χ0v) is 11.0. The Kier molecular flexibility index (Phi) is 4.44. The molecule has 1 fully saturated rings. The monoisotopic (exact) mass is 251 g/mol. The van der Waals surface area contributed by atoms with Crippen LogP contribution in [0.5, 0.6) is 11.5 Å². The van der Waals surface area contributed by atoms with Crippen LogP contribution in [0.2, 0.25) is 0 Å². The molecular formula is C14H21NO3. The largest absolute Gasteiger partial charge is 0.504 e. The summed E-state index contributed by atoms with van der Waals surface area (Å²) < 4.78 is 10.9. The highest BCUT2D eigenvalue weighted by Crippen LogP contribution is 2.27. The summed E-state index contributed by atoms with van der Waals surface area (Å²) in [6.07, 6.45) is 1.32. The second-order valence-corrected chi connectivity index (χ2v) is 4.59. The molecule has 1 aliphatic rings. The van der Waals surface area contributed by atoms with Gasteiger partial charge in [-0.2, -0.15) is 0 Å². The van der Waals surface area contributed by atoms with Crippen molar-refractivity contribution in [3.05, 3.63) is 23.8 Å². The maximum absolute atomic E-state index is 9.62. The first kappa shape index (κ1) is 13.2. The Hall–Kier alpha value is -1.26. The van der Waals surface area contributed by atoms with Gasteiger partial charge in [0.1, 0.15) is 0 Å². The Morgan fingerprint density at radius 3 is 3.00 bits per heavy atom. The molecule has 0 spiro atoms. The summed E-state index contributed by atoms with van der Waals surface area (Å²) in [4.78, 5) is 0. The fourth-order valence-corrected chi connectivity index (χ4v) is 2.19. The van der Waals surface area contributed by atoms with Crippen molar-refractivity contribution >= 4 is 0 Å². The first-order chi connectivity index (χ1) is 8.70. The van der Waals surface area contributed by atoms with Gasteiger partial charge < -0.3 is 19.9 Å². The SMILES string of the molecule is CCOc1cc(CNC2CCOC2C)ccc1O. The second kappa shape index (κ2) is 6.07. The van der Waals surface area contributed by atoms with Crippen molar-refractivity contribution in [2.45, 2.75) is 39.0 Å². The van der Waals surface area contributed by atoms with E-state index in [0.717, 1.165) is 25.1 Å². The Morgan fingerprint density at radius 2 is 2.33 bits per heavy atom. The molecule has 18 heavy (non-hydrogen) atoms. The summed E-state index contributed by atoms with van der Waals surface area (Å²) in [7, 11) is 0. The smallest absolute Gasteiger partial charge is 0.161 e. The number of phenols is 1. The van der Waals surface area contributed by atoms with Crippen LogP contribution in [0.1, 0.15) is 25.8 Å². The standard InChI is InChI=1S/C14H21NO3/c1-3-17-14-8-11(4-5-13(14)16)9-15-12-6-7-18-10(12)2/h4-5,8,10,12,15-16H,3,6-7,9H2,1-2H3. The molecule has 0 amide bonds. The van der Waals surface area contributed by atoms with Gasteiger partial charge >= 0.3 is 0 Å². The summed E-state index contributed by atoms with van der Waals surface area (Å²) in [6.45, 7) is 6.14. The summed E-state index contributed by atoms with van der Waals surface area (Å²) >= 11 is 0. The van der Waals surface area contributed by atoms with Crippen molar-refractivity contribution < 1.29 is 14.6 Å². The number of aromatic hydroxyl groups is 1. The first-order valence-corrected chi connectivity index (χ1v) is 6.50. The van der Waals surface area contributed by atoms with E-state index in [0.29, 0.717) is 18.4 Å². The minimum absolute atomic E-state index is 0.193. The number of hydrogen-bond donors (Lipinski definition) is 2. The van der Waals surface area contributed by atoms with Gasteiger partial charge in [-0.1, -0.05) is 6.07 Å². The Labute approximate surface area is 108 Å². The van der Waals surface area contributed by atoms with Gasteiger partial charge in [-0.25, -0.2) is 0 Å². The maximum Gasteiger partial charge on any atom is 0.161 e. The third-order valence-corrected chi connectivity index (χ3v) is 3.27. The van der Waals surface area contributed by atoms with Crippen LogP contribution in [0, 0.1) is 0 Å². The van der Waals surface area contributed by atoms with Crippen molar-refractivity contribution in [2.24, 2.45) is 0 Å². The van der Waals surface area contributed by atoms with E-state index in [1.54, 1.807) is 6.07 Å². The predicted molar refractivity (Wildman–Crippen MR) is 69.9 cm³/mol. The third kappa shape index (κ3) is 3.15. The average Bonchev–Trinajstić information content (AvgIpc) is 2.76. The zero-order chi connectivity index (χ0) is 13.0. The fraction of sp³-hybridized carbons (Fsp3) is 0.571. The quantitative estimate of drug-likeness (QED) is 0.841. The molecule has 1 saturated heterocycles. The first-order valence-electron chi connectivity index (χ1n) is 6.50. The maximum atomic E-state index is 9.62. The normalized spacial score (nSPS) is 23.2. The highest BCUT2D eigenvalue weighted by Gasteiger charge is 2.23. The fourth-order valence-electron chi connectivity index (χ4n) is 2.19. The van der Waals surface area contributed by atoms with Crippen molar-refractivity contribution in [1.82, 2.24) is 5.32 Å². The average molecular weight is 251 g/mol. The predicted octanol–water partition coefficient (Wildman–Crippen LogP) is 2.06. The molecule has 0 radical (unpaired) electrons. The van der Waals surface area contributed by atoms with Crippen LogP contribution >= 0.6 is 0 Å². The van der Waals surface area contributed by atoms with Gasteiger partial charge in [-0.05, 0) is 38.0 Å². The molecule has 0 aliphatic carbocycles. The van der Waals surface area contributed by atoms with Crippen molar-refractivity contribution in [3.63, 3.8) is 0 Å². The number of nitrogens with one attached hydrogen (secondary N) is 1. The third-order valence-electron chi connectivity index (χ3n) is 3.27. The molecule has 2 rings (SSSR count). The zero-order valence-electron chi connectivity index (χ0n) is 11.0. The Balaban J connectivity index is 1.94. The lowest BCUT2D eigenvalue weighted by Crippen LogP contribution is -2.34. The number of benzene rings is 1. The molecule has 1 heterocycles. The number of ether oxygens (including phenoxy) is 2. The van der Waals surface area contributed by atoms with E-state index in [9.17, 15) is 5.11 Å². The van der Waals surface area contributed by atoms with Gasteiger partial charge in [-0.15, -0.1) is 0 Å². The summed E-state index contributed by atoms with van der Waals surface area (Å²) in [6, 6.07) is 5.88. The molecule has 100 valence electrons. The molecule has 0 bridgehead atoms. The van der Waals surface area contributed by atoms with E-state index in [1.807, 2.05) is 19.1 Å². The molecule has 0 aromatic heterocycles. The molecule has 4 nitrogen and oxygen atoms in total. The van der Waals surface area contributed by atoms with Gasteiger partial charge in [0, 0.05) is 19.2 Å². The van der Waals surface area contributed by atoms with E-state index in [-0.39, 0.29) is 11.9 Å². The summed E-state index contributed by atoms with van der Waals surface area (Å²) in [5.74, 6) is 0.741. The highest BCUT2D eigenvalue weighted by atomic mass is 16.5. The van der Waals surface area contributed by atoms with Crippen LogP contribution in [0.25, 0.3) is 0 Å². The Morgan fingerprint density at radius 1 is 1.50 bits per heavy atom. The molecule has 0 saturated carbocycles. The van der Waals surface area contributed by atoms with Crippen LogP contribution < -0.4 is 10.1 Å². The van der Waals surface area contributed by atoms with Crippen molar-refractivity contribution in [1.29, 1.82) is 0 Å². The molecular weight excluding hydrogens is 230 g/mol. The van der Waals surface area contributed by atoms with Crippen LogP contribution in [0.15, 0.2) is 18.2 Å². The van der Waals surface area contributed by atoms with Gasteiger partial charge in [0.2, 0.25) is 0 Å². The number of phenolic OH excluding ortho intramolecular Hbond substituents is 1. The van der Waals surface area contributed by atoms with Crippen LogP contribution in [0.4, 0.5) is 0 Å². The van der Waals surface area contributed by atoms with Crippen LogP contribution in [-0.4, -0.2) is 30.5 Å². The lowest BCUT2D eigenvalue weighted by molar-refractivity contribution is 0.113.